The first-order valence-corrected chi connectivity index (χ1v) is 20.2. The zero-order valence-electron chi connectivity index (χ0n) is 29.2. The van der Waals surface area contributed by atoms with E-state index in [0.717, 1.165) is 34.2 Å². The summed E-state index contributed by atoms with van der Waals surface area (Å²) >= 11 is -1.33. The molecule has 0 saturated carbocycles. The van der Waals surface area contributed by atoms with E-state index in [4.69, 9.17) is 8.83 Å². The summed E-state index contributed by atoms with van der Waals surface area (Å²) in [6, 6.07) is 43.5. The van der Waals surface area contributed by atoms with Gasteiger partial charge in [-0.15, -0.1) is 0 Å². The Morgan fingerprint density at radius 2 is 0.816 bits per heavy atom. The van der Waals surface area contributed by atoms with Gasteiger partial charge in [0.15, 0.2) is 0 Å². The Hall–Kier alpha value is -4.20. The maximum atomic E-state index is 6.73. The minimum atomic E-state index is -1.33. The number of furan rings is 2. The molecule has 0 aliphatic heterocycles. The molecule has 2 heterocycles. The van der Waals surface area contributed by atoms with Gasteiger partial charge in [-0.05, 0) is 0 Å². The van der Waals surface area contributed by atoms with Gasteiger partial charge in [-0.3, -0.25) is 0 Å². The third kappa shape index (κ3) is 5.91. The first-order chi connectivity index (χ1) is 23.6. The van der Waals surface area contributed by atoms with Crippen LogP contribution in [-0.4, -0.2) is 0 Å². The number of fused-ring (bicyclic) bond motifs is 2. The second-order valence-corrected chi connectivity index (χ2v) is 19.1. The summed E-state index contributed by atoms with van der Waals surface area (Å²) in [6.07, 6.45) is 4.92. The van der Waals surface area contributed by atoms with Crippen LogP contribution >= 0.6 is 0 Å². The van der Waals surface area contributed by atoms with Gasteiger partial charge >= 0.3 is 304 Å². The molecule has 2 aromatic heterocycles. The van der Waals surface area contributed by atoms with Gasteiger partial charge in [0.25, 0.3) is 0 Å². The summed E-state index contributed by atoms with van der Waals surface area (Å²) < 4.78 is 14.1. The van der Waals surface area contributed by atoms with E-state index < -0.39 is 23.2 Å². The monoisotopic (exact) mass is 716 g/mol. The van der Waals surface area contributed by atoms with Gasteiger partial charge in [0.2, 0.25) is 0 Å². The molecule has 2 aliphatic carbocycles. The third-order valence-corrected chi connectivity index (χ3v) is 14.7. The number of allylic oxidation sites excluding steroid dienone is 2. The van der Waals surface area contributed by atoms with E-state index in [1.165, 1.54) is 44.5 Å². The van der Waals surface area contributed by atoms with Crippen molar-refractivity contribution in [2.24, 2.45) is 0 Å². The normalized spacial score (nSPS) is 17.0. The van der Waals surface area contributed by atoms with Crippen molar-refractivity contribution in [2.75, 3.05) is 0 Å². The number of benzene rings is 4. The molecule has 2 atom stereocenters. The molecule has 6 aromatic rings. The molecular weight excluding hydrogens is 676 g/mol. The van der Waals surface area contributed by atoms with Gasteiger partial charge in [-0.2, -0.15) is 0 Å². The van der Waals surface area contributed by atoms with Crippen LogP contribution in [0.5, 0.6) is 0 Å². The Kier molecular flexibility index (Phi) is 8.04. The van der Waals surface area contributed by atoms with Crippen molar-refractivity contribution in [3.8, 4) is 22.6 Å². The molecule has 0 N–H and O–H groups in total. The van der Waals surface area contributed by atoms with E-state index in [9.17, 15) is 0 Å². The predicted molar refractivity (Wildman–Crippen MR) is 200 cm³/mol. The fourth-order valence-corrected chi connectivity index (χ4v) is 12.5. The maximum absolute atomic E-state index is 6.73. The van der Waals surface area contributed by atoms with Gasteiger partial charge < -0.3 is 0 Å². The number of hydrogen-bond acceptors (Lipinski definition) is 2. The zero-order chi connectivity index (χ0) is 33.9. The summed E-state index contributed by atoms with van der Waals surface area (Å²) in [5.41, 5.74) is 13.4. The van der Waals surface area contributed by atoms with Crippen LogP contribution in [0.4, 0.5) is 0 Å². The van der Waals surface area contributed by atoms with Crippen LogP contribution in [0.15, 0.2) is 130 Å². The molecule has 0 spiro atoms. The SMILES string of the molecule is CC(C)(C)c1cccc2c1C=C(c1ccc(-c3ccccc3)o1)[CH]2[Zr][CH]1C(c2ccc(-c3ccccc3)o2)=Cc2c1cccc2C(C)(C)C. The van der Waals surface area contributed by atoms with E-state index in [1.807, 2.05) is 0 Å². The Labute approximate surface area is 302 Å². The van der Waals surface area contributed by atoms with Crippen molar-refractivity contribution in [1.29, 1.82) is 0 Å². The van der Waals surface area contributed by atoms with Gasteiger partial charge in [0.1, 0.15) is 0 Å². The zero-order valence-corrected chi connectivity index (χ0v) is 31.6. The van der Waals surface area contributed by atoms with Crippen LogP contribution in [0.3, 0.4) is 0 Å². The van der Waals surface area contributed by atoms with Crippen LogP contribution < -0.4 is 0 Å². The molecule has 2 nitrogen and oxygen atoms in total. The Morgan fingerprint density at radius 3 is 1.20 bits per heavy atom. The molecule has 242 valence electrons. The minimum absolute atomic E-state index is 0.0277. The van der Waals surface area contributed by atoms with E-state index >= 15 is 0 Å². The molecule has 2 unspecified atom stereocenters. The summed E-state index contributed by atoms with van der Waals surface area (Å²) in [6.45, 7) is 14.0. The van der Waals surface area contributed by atoms with E-state index in [1.54, 1.807) is 0 Å². The summed E-state index contributed by atoms with van der Waals surface area (Å²) in [7, 11) is 0. The summed E-state index contributed by atoms with van der Waals surface area (Å²) in [5, 5.41) is 0. The van der Waals surface area contributed by atoms with Gasteiger partial charge in [0, 0.05) is 0 Å². The van der Waals surface area contributed by atoms with E-state index in [0.29, 0.717) is 7.25 Å². The molecule has 0 amide bonds. The molecule has 0 radical (unpaired) electrons. The van der Waals surface area contributed by atoms with Crippen molar-refractivity contribution < 1.29 is 32.1 Å². The fourth-order valence-electron chi connectivity index (χ4n) is 7.57. The van der Waals surface area contributed by atoms with Crippen molar-refractivity contribution >= 4 is 23.3 Å². The molecule has 0 bridgehead atoms. The fraction of sp³-hybridized carbons (Fsp3) is 0.217. The molecule has 2 aliphatic rings. The van der Waals surface area contributed by atoms with Crippen molar-refractivity contribution in [3.63, 3.8) is 0 Å². The van der Waals surface area contributed by atoms with E-state index in [2.05, 4.69) is 175 Å². The topological polar surface area (TPSA) is 26.3 Å². The first kappa shape index (κ1) is 32.0. The standard InChI is InChI=1S/2C23H21O.Zr/c2*1-23(2,3)20-11-7-10-17-14-18(15-19(17)20)22-13-12-21(24-22)16-8-5-4-6-9-16;/h2*4-15H,1-3H3;. The van der Waals surface area contributed by atoms with Crippen LogP contribution in [-0.2, 0) is 34.1 Å². The second-order valence-electron chi connectivity index (χ2n) is 15.4. The summed E-state index contributed by atoms with van der Waals surface area (Å²) in [5.74, 6) is 3.80. The number of hydrogen-bond donors (Lipinski definition) is 0. The average Bonchev–Trinajstić information content (AvgIpc) is 3.90. The van der Waals surface area contributed by atoms with Crippen LogP contribution in [0.2, 0.25) is 0 Å². The molecule has 3 heteroatoms. The molecular formula is C46H42O2Zr. The predicted octanol–water partition coefficient (Wildman–Crippen LogP) is 12.8. The van der Waals surface area contributed by atoms with Crippen molar-refractivity contribution in [3.05, 3.63) is 166 Å². The van der Waals surface area contributed by atoms with Crippen molar-refractivity contribution in [1.82, 2.24) is 0 Å². The van der Waals surface area contributed by atoms with Gasteiger partial charge in [0.05, 0.1) is 0 Å². The third-order valence-electron chi connectivity index (χ3n) is 9.97. The van der Waals surface area contributed by atoms with Crippen LogP contribution in [0.25, 0.3) is 45.9 Å². The van der Waals surface area contributed by atoms with Gasteiger partial charge in [-0.1, -0.05) is 0 Å². The quantitative estimate of drug-likeness (QED) is 0.171. The Bertz CT molecular complexity index is 2060. The first-order valence-electron chi connectivity index (χ1n) is 17.3. The molecule has 4 aromatic carbocycles. The average molecular weight is 718 g/mol. The van der Waals surface area contributed by atoms with Gasteiger partial charge in [-0.25, -0.2) is 0 Å². The molecule has 8 rings (SSSR count). The Balaban J connectivity index is 1.26. The van der Waals surface area contributed by atoms with Crippen molar-refractivity contribution in [2.45, 2.75) is 59.6 Å². The van der Waals surface area contributed by atoms with E-state index in [-0.39, 0.29) is 10.8 Å². The van der Waals surface area contributed by atoms with Crippen LogP contribution in [0.1, 0.15) is 93.7 Å². The second kappa shape index (κ2) is 12.3. The Morgan fingerprint density at radius 1 is 0.429 bits per heavy atom. The molecule has 0 fully saturated rings. The molecule has 0 saturated heterocycles. The van der Waals surface area contributed by atoms with Crippen LogP contribution in [0, 0.1) is 0 Å². The summed E-state index contributed by atoms with van der Waals surface area (Å²) in [4.78, 5) is 0. The number of rotatable bonds is 6. The molecule has 49 heavy (non-hydrogen) atoms.